The first-order chi connectivity index (χ1) is 12.6. The van der Waals surface area contributed by atoms with Crippen LogP contribution in [0.25, 0.3) is 5.65 Å². The Morgan fingerprint density at radius 3 is 2.85 bits per heavy atom. The van der Waals surface area contributed by atoms with E-state index < -0.39 is 11.3 Å². The maximum atomic E-state index is 10.9. The molecule has 0 amide bonds. The van der Waals surface area contributed by atoms with Gasteiger partial charge in [0.1, 0.15) is 6.07 Å². The molecule has 0 saturated heterocycles. The molecule has 1 fully saturated rings. The van der Waals surface area contributed by atoms with Crippen LogP contribution >= 0.6 is 0 Å². The van der Waals surface area contributed by atoms with E-state index in [9.17, 15) is 9.47 Å². The first-order valence-corrected chi connectivity index (χ1v) is 9.03. The lowest BCUT2D eigenvalue weighted by molar-refractivity contribution is 0.570. The number of nitrogens with zero attached hydrogens (tertiary/aromatic N) is 4. The van der Waals surface area contributed by atoms with Crippen molar-refractivity contribution in [2.75, 3.05) is 15.4 Å². The molecule has 1 saturated carbocycles. The molecule has 4 N–H and O–H groups in total. The Labute approximate surface area is 151 Å². The third-order valence-corrected chi connectivity index (χ3v) is 4.27. The van der Waals surface area contributed by atoms with Gasteiger partial charge in [-0.2, -0.15) is 9.78 Å². The van der Waals surface area contributed by atoms with E-state index in [-0.39, 0.29) is 0 Å². The maximum Gasteiger partial charge on any atom is 0.259 e. The summed E-state index contributed by atoms with van der Waals surface area (Å²) >= 11 is -2.14. The lowest BCUT2D eigenvalue weighted by atomic mass is 10.3. The van der Waals surface area contributed by atoms with Gasteiger partial charge in [0.05, 0.1) is 17.6 Å². The molecule has 3 aromatic rings. The number of imidazole rings is 1. The minimum Gasteiger partial charge on any atom is -0.379 e. The van der Waals surface area contributed by atoms with Crippen LogP contribution in [0.1, 0.15) is 18.5 Å². The topological polar surface area (TPSA) is 127 Å². The second-order valence-electron chi connectivity index (χ2n) is 5.91. The van der Waals surface area contributed by atoms with Crippen LogP contribution in [0.4, 0.5) is 22.9 Å². The average Bonchev–Trinajstić information content (AvgIpc) is 3.31. The molecule has 2 aromatic heterocycles. The second-order valence-corrected chi connectivity index (χ2v) is 6.61. The molecule has 0 bridgehead atoms. The van der Waals surface area contributed by atoms with Crippen molar-refractivity contribution >= 4 is 39.8 Å². The van der Waals surface area contributed by atoms with E-state index in [1.807, 2.05) is 12.1 Å². The smallest absolute Gasteiger partial charge is 0.259 e. The van der Waals surface area contributed by atoms with Crippen molar-refractivity contribution < 1.29 is 8.76 Å². The van der Waals surface area contributed by atoms with Crippen molar-refractivity contribution in [1.29, 1.82) is 5.26 Å². The van der Waals surface area contributed by atoms with Crippen LogP contribution in [-0.2, 0) is 11.3 Å². The van der Waals surface area contributed by atoms with Crippen molar-refractivity contribution in [3.63, 3.8) is 0 Å². The van der Waals surface area contributed by atoms with Gasteiger partial charge in [-0.25, -0.2) is 9.19 Å². The van der Waals surface area contributed by atoms with Crippen LogP contribution in [0.2, 0.25) is 0 Å². The summed E-state index contributed by atoms with van der Waals surface area (Å²) in [4.78, 5) is 4.28. The Balaban J connectivity index is 1.69. The highest BCUT2D eigenvalue weighted by atomic mass is 32.2. The van der Waals surface area contributed by atoms with E-state index in [0.717, 1.165) is 18.5 Å². The van der Waals surface area contributed by atoms with Gasteiger partial charge < -0.3 is 10.6 Å². The summed E-state index contributed by atoms with van der Waals surface area (Å²) in [5, 5.41) is 20.2. The summed E-state index contributed by atoms with van der Waals surface area (Å²) in [5.74, 6) is 0.525. The lowest BCUT2D eigenvalue weighted by Gasteiger charge is -2.11. The molecular weight excluding hydrogens is 354 g/mol. The van der Waals surface area contributed by atoms with Crippen LogP contribution < -0.4 is 15.4 Å². The van der Waals surface area contributed by atoms with Gasteiger partial charge in [0, 0.05) is 17.8 Å². The molecule has 26 heavy (non-hydrogen) atoms. The fraction of sp³-hybridized carbons (Fsp3) is 0.188. The molecule has 10 heteroatoms. The number of hydrogen-bond acceptors (Lipinski definition) is 6. The number of nitrogens with one attached hydrogen (secondary N) is 3. The predicted molar refractivity (Wildman–Crippen MR) is 98.5 cm³/mol. The van der Waals surface area contributed by atoms with E-state index in [4.69, 9.17) is 4.55 Å². The minimum absolute atomic E-state index is 0.341. The minimum atomic E-state index is -2.14. The maximum absolute atomic E-state index is 10.9. The molecule has 1 aromatic carbocycles. The van der Waals surface area contributed by atoms with Gasteiger partial charge in [-0.15, -0.1) is 5.10 Å². The molecule has 1 unspecified atom stereocenters. The van der Waals surface area contributed by atoms with Crippen molar-refractivity contribution in [2.45, 2.75) is 18.9 Å². The third kappa shape index (κ3) is 3.44. The van der Waals surface area contributed by atoms with Gasteiger partial charge in [-0.3, -0.25) is 9.27 Å². The highest BCUT2D eigenvalue weighted by molar-refractivity contribution is 7.80. The number of anilines is 4. The molecule has 132 valence electrons. The van der Waals surface area contributed by atoms with E-state index in [1.54, 1.807) is 18.2 Å². The molecule has 4 rings (SSSR count). The monoisotopic (exact) mass is 369 g/mol. The van der Waals surface area contributed by atoms with Gasteiger partial charge in [0.2, 0.25) is 0 Å². The fourth-order valence-electron chi connectivity index (χ4n) is 2.57. The summed E-state index contributed by atoms with van der Waals surface area (Å²) in [6.07, 6.45) is 3.70. The van der Waals surface area contributed by atoms with Crippen molar-refractivity contribution in [3.8, 4) is 6.07 Å². The Kier molecular flexibility index (Phi) is 4.16. The number of nitriles is 1. The Hall–Kier alpha value is -3.16. The molecule has 0 aliphatic heterocycles. The summed E-state index contributed by atoms with van der Waals surface area (Å²) in [6, 6.07) is 11.3. The first-order valence-electron chi connectivity index (χ1n) is 7.92. The zero-order chi connectivity index (χ0) is 18.1. The van der Waals surface area contributed by atoms with Gasteiger partial charge in [0.15, 0.2) is 17.2 Å². The number of aromatic nitrogens is 3. The van der Waals surface area contributed by atoms with Crippen molar-refractivity contribution in [2.24, 2.45) is 0 Å². The van der Waals surface area contributed by atoms with Crippen molar-refractivity contribution in [3.05, 3.63) is 42.2 Å². The molecule has 1 atom stereocenters. The van der Waals surface area contributed by atoms with Gasteiger partial charge >= 0.3 is 0 Å². The second kappa shape index (κ2) is 6.62. The fourth-order valence-corrected chi connectivity index (χ4v) is 2.90. The molecule has 2 heterocycles. The van der Waals surface area contributed by atoms with Gasteiger partial charge in [-0.1, -0.05) is 6.07 Å². The standard InChI is InChI=1S/C16H15N7O2S/c17-8-13-9-18-16-14(19-10-4-5-10)7-15(21-23(13)16)20-11-2-1-3-12(6-11)22-26(24)25/h1-3,6-7,9-10,19,22H,4-5H2,(H,20,21)(H,24,25). The number of benzene rings is 1. The molecule has 1 aliphatic rings. The average molecular weight is 369 g/mol. The van der Waals surface area contributed by atoms with E-state index in [0.29, 0.717) is 34.6 Å². The van der Waals surface area contributed by atoms with Crippen LogP contribution in [0.5, 0.6) is 0 Å². The number of hydrogen-bond donors (Lipinski definition) is 4. The lowest BCUT2D eigenvalue weighted by Crippen LogP contribution is -2.08. The highest BCUT2D eigenvalue weighted by Gasteiger charge is 2.23. The number of rotatable bonds is 6. The quantitative estimate of drug-likeness (QED) is 0.491. The molecule has 0 radical (unpaired) electrons. The summed E-state index contributed by atoms with van der Waals surface area (Å²) in [5.41, 5.74) is 2.92. The third-order valence-electron chi connectivity index (χ3n) is 3.86. The Bertz CT molecular complexity index is 1040. The van der Waals surface area contributed by atoms with E-state index in [2.05, 4.69) is 31.5 Å². The van der Waals surface area contributed by atoms with Crippen LogP contribution in [0.3, 0.4) is 0 Å². The Morgan fingerprint density at radius 2 is 2.12 bits per heavy atom. The first kappa shape index (κ1) is 16.3. The van der Waals surface area contributed by atoms with Gasteiger partial charge in [0.25, 0.3) is 11.3 Å². The van der Waals surface area contributed by atoms with Crippen molar-refractivity contribution in [1.82, 2.24) is 14.6 Å². The normalized spacial score (nSPS) is 14.6. The van der Waals surface area contributed by atoms with E-state index >= 15 is 0 Å². The summed E-state index contributed by atoms with van der Waals surface area (Å²) < 4.78 is 23.8. The van der Waals surface area contributed by atoms with Gasteiger partial charge in [-0.05, 0) is 31.0 Å². The number of fused-ring (bicyclic) bond motifs is 1. The van der Waals surface area contributed by atoms with Crippen LogP contribution in [0, 0.1) is 11.3 Å². The SMILES string of the molecule is N#Cc1cnc2c(NC3CC3)cc(Nc3cccc(NS(=O)O)c3)nn12. The predicted octanol–water partition coefficient (Wildman–Crippen LogP) is 2.47. The summed E-state index contributed by atoms with van der Waals surface area (Å²) in [6.45, 7) is 0. The molecule has 0 spiro atoms. The summed E-state index contributed by atoms with van der Waals surface area (Å²) in [7, 11) is 0. The Morgan fingerprint density at radius 1 is 1.31 bits per heavy atom. The van der Waals surface area contributed by atoms with Crippen LogP contribution in [0.15, 0.2) is 36.5 Å². The molecular formula is C16H15N7O2S. The zero-order valence-corrected chi connectivity index (χ0v) is 14.3. The molecule has 9 nitrogen and oxygen atoms in total. The van der Waals surface area contributed by atoms with Crippen LogP contribution in [-0.4, -0.2) is 29.4 Å². The van der Waals surface area contributed by atoms with E-state index in [1.165, 1.54) is 10.7 Å². The zero-order valence-electron chi connectivity index (χ0n) is 13.5. The largest absolute Gasteiger partial charge is 0.379 e. The highest BCUT2D eigenvalue weighted by Crippen LogP contribution is 2.29. The molecule has 1 aliphatic carbocycles.